The average molecular weight is 276 g/mol. The van der Waals surface area contributed by atoms with E-state index in [1.54, 1.807) is 24.3 Å². The molecule has 2 aromatic rings. The minimum absolute atomic E-state index is 0.0258. The Labute approximate surface area is 114 Å². The predicted molar refractivity (Wildman–Crippen MR) is 70.3 cm³/mol. The molecule has 1 aromatic heterocycles. The first kappa shape index (κ1) is 13.1. The van der Waals surface area contributed by atoms with Gasteiger partial charge in [0.2, 0.25) is 5.75 Å². The highest BCUT2D eigenvalue weighted by molar-refractivity contribution is 6.30. The Balaban J connectivity index is 2.33. The Bertz CT molecular complexity index is 687. The normalized spacial score (nSPS) is 9.95. The summed E-state index contributed by atoms with van der Waals surface area (Å²) in [6.07, 6.45) is 1.37. The van der Waals surface area contributed by atoms with E-state index in [2.05, 4.69) is 4.98 Å². The van der Waals surface area contributed by atoms with Gasteiger partial charge in [-0.1, -0.05) is 23.7 Å². The summed E-state index contributed by atoms with van der Waals surface area (Å²) in [6.45, 7) is 0.338. The zero-order valence-corrected chi connectivity index (χ0v) is 10.9. The zero-order chi connectivity index (χ0) is 13.8. The van der Waals surface area contributed by atoms with Crippen molar-refractivity contribution in [3.05, 3.63) is 57.2 Å². The van der Waals surface area contributed by atoms with Gasteiger partial charge in [-0.25, -0.2) is 4.98 Å². The Morgan fingerprint density at radius 1 is 1.42 bits per heavy atom. The van der Waals surface area contributed by atoms with Gasteiger partial charge in [0, 0.05) is 0 Å². The van der Waals surface area contributed by atoms with Gasteiger partial charge >= 0.3 is 0 Å². The van der Waals surface area contributed by atoms with E-state index >= 15 is 0 Å². The number of rotatable bonds is 3. The van der Waals surface area contributed by atoms with Crippen LogP contribution in [0.1, 0.15) is 11.1 Å². The Hall–Kier alpha value is -2.32. The summed E-state index contributed by atoms with van der Waals surface area (Å²) >= 11 is 5.76. The molecular weight excluding hydrogens is 266 g/mol. The highest BCUT2D eigenvalue weighted by Crippen LogP contribution is 2.15. The van der Waals surface area contributed by atoms with Crippen LogP contribution in [0.5, 0.6) is 5.75 Å². The van der Waals surface area contributed by atoms with Crippen LogP contribution in [-0.4, -0.2) is 16.7 Å². The first-order valence-corrected chi connectivity index (χ1v) is 5.81. The minimum Gasteiger partial charge on any atom is -0.489 e. The van der Waals surface area contributed by atoms with Gasteiger partial charge < -0.3 is 4.74 Å². The first-order chi connectivity index (χ1) is 9.15. The summed E-state index contributed by atoms with van der Waals surface area (Å²) < 4.78 is 6.31. The molecule has 0 N–H and O–H groups in total. The Kier molecular flexibility index (Phi) is 3.83. The average Bonchev–Trinajstić information content (AvgIpc) is 2.43. The Morgan fingerprint density at radius 3 is 2.68 bits per heavy atom. The smallest absolute Gasteiger partial charge is 0.297 e. The van der Waals surface area contributed by atoms with Crippen LogP contribution in [0.4, 0.5) is 0 Å². The second-order valence-corrected chi connectivity index (χ2v) is 4.17. The summed E-state index contributed by atoms with van der Waals surface area (Å²) in [4.78, 5) is 15.9. The van der Waals surface area contributed by atoms with Crippen molar-refractivity contribution in [3.8, 4) is 11.8 Å². The van der Waals surface area contributed by atoms with Crippen molar-refractivity contribution in [2.75, 3.05) is 7.11 Å². The van der Waals surface area contributed by atoms with Gasteiger partial charge in [0.1, 0.15) is 0 Å². The highest BCUT2D eigenvalue weighted by Gasteiger charge is 2.10. The number of nitrogens with zero attached hydrogens (tertiary/aromatic N) is 3. The van der Waals surface area contributed by atoms with Crippen molar-refractivity contribution in [2.24, 2.45) is 0 Å². The molecule has 0 fully saturated rings. The van der Waals surface area contributed by atoms with Crippen molar-refractivity contribution >= 4 is 11.6 Å². The lowest BCUT2D eigenvalue weighted by Crippen LogP contribution is -2.22. The number of nitriles is 1. The number of ether oxygens (including phenoxy) is 1. The fourth-order valence-corrected chi connectivity index (χ4v) is 1.82. The third kappa shape index (κ3) is 2.75. The van der Waals surface area contributed by atoms with E-state index in [9.17, 15) is 4.79 Å². The van der Waals surface area contributed by atoms with E-state index in [-0.39, 0.29) is 16.5 Å². The van der Waals surface area contributed by atoms with Crippen LogP contribution in [0.2, 0.25) is 5.15 Å². The number of methoxy groups -OCH3 is 1. The van der Waals surface area contributed by atoms with Crippen molar-refractivity contribution < 1.29 is 4.74 Å². The van der Waals surface area contributed by atoms with Crippen LogP contribution in [0.3, 0.4) is 0 Å². The lowest BCUT2D eigenvalue weighted by molar-refractivity contribution is 0.401. The molecule has 0 bridgehead atoms. The summed E-state index contributed by atoms with van der Waals surface area (Å²) in [5.41, 5.74) is 1.11. The van der Waals surface area contributed by atoms with Gasteiger partial charge in [-0.05, 0) is 17.7 Å². The maximum Gasteiger partial charge on any atom is 0.297 e. The maximum atomic E-state index is 12.0. The van der Waals surface area contributed by atoms with Gasteiger partial charge in [-0.15, -0.1) is 0 Å². The molecule has 0 unspecified atom stereocenters. The van der Waals surface area contributed by atoms with Crippen LogP contribution in [-0.2, 0) is 6.54 Å². The SMILES string of the molecule is COc1c(Cl)ncn(Cc2ccc(C#N)cc2)c1=O. The monoisotopic (exact) mass is 275 g/mol. The van der Waals surface area contributed by atoms with Gasteiger partial charge in [0.05, 0.1) is 31.6 Å². The largest absolute Gasteiger partial charge is 0.489 e. The number of hydrogen-bond acceptors (Lipinski definition) is 4. The van der Waals surface area contributed by atoms with Gasteiger partial charge in [0.15, 0.2) is 5.15 Å². The second-order valence-electron chi connectivity index (χ2n) is 3.81. The number of halogens is 1. The van der Waals surface area contributed by atoms with Crippen molar-refractivity contribution in [3.63, 3.8) is 0 Å². The summed E-state index contributed by atoms with van der Waals surface area (Å²) in [5, 5.41) is 8.76. The third-order valence-electron chi connectivity index (χ3n) is 2.59. The first-order valence-electron chi connectivity index (χ1n) is 5.43. The zero-order valence-electron chi connectivity index (χ0n) is 10.1. The standard InChI is InChI=1S/C13H10ClN3O2/c1-19-11-12(14)16-8-17(13(11)18)7-10-4-2-9(6-15)3-5-10/h2-5,8H,7H2,1H3. The lowest BCUT2D eigenvalue weighted by atomic mass is 10.1. The van der Waals surface area contributed by atoms with Crippen LogP contribution in [0.25, 0.3) is 0 Å². The number of aromatic nitrogens is 2. The maximum absolute atomic E-state index is 12.0. The van der Waals surface area contributed by atoms with Crippen molar-refractivity contribution in [2.45, 2.75) is 6.54 Å². The van der Waals surface area contributed by atoms with Crippen molar-refractivity contribution in [1.29, 1.82) is 5.26 Å². The number of benzene rings is 1. The third-order valence-corrected chi connectivity index (χ3v) is 2.86. The number of hydrogen-bond donors (Lipinski definition) is 0. The molecule has 0 aliphatic carbocycles. The molecule has 2 rings (SSSR count). The fraction of sp³-hybridized carbons (Fsp3) is 0.154. The molecule has 0 radical (unpaired) electrons. The molecule has 0 amide bonds. The molecule has 19 heavy (non-hydrogen) atoms. The van der Waals surface area contributed by atoms with Crippen LogP contribution >= 0.6 is 11.6 Å². The molecule has 0 saturated carbocycles. The van der Waals surface area contributed by atoms with Crippen LogP contribution < -0.4 is 10.3 Å². The molecule has 1 heterocycles. The van der Waals surface area contributed by atoms with Gasteiger partial charge in [-0.3, -0.25) is 9.36 Å². The topological polar surface area (TPSA) is 67.9 Å². The molecule has 5 nitrogen and oxygen atoms in total. The molecule has 96 valence electrons. The predicted octanol–water partition coefficient (Wildman–Crippen LogP) is 1.83. The summed E-state index contributed by atoms with van der Waals surface area (Å²) in [7, 11) is 1.37. The van der Waals surface area contributed by atoms with Gasteiger partial charge in [0.25, 0.3) is 5.56 Å². The molecule has 0 aliphatic heterocycles. The van der Waals surface area contributed by atoms with Crippen LogP contribution in [0, 0.1) is 11.3 Å². The molecule has 6 heteroatoms. The molecule has 0 saturated heterocycles. The van der Waals surface area contributed by atoms with E-state index in [0.29, 0.717) is 12.1 Å². The molecule has 0 aliphatic rings. The molecule has 1 aromatic carbocycles. The van der Waals surface area contributed by atoms with E-state index in [1.807, 2.05) is 6.07 Å². The van der Waals surface area contributed by atoms with E-state index in [4.69, 9.17) is 21.6 Å². The lowest BCUT2D eigenvalue weighted by Gasteiger charge is -2.08. The molecular formula is C13H10ClN3O2. The minimum atomic E-state index is -0.341. The van der Waals surface area contributed by atoms with Crippen molar-refractivity contribution in [1.82, 2.24) is 9.55 Å². The Morgan fingerprint density at radius 2 is 2.11 bits per heavy atom. The highest BCUT2D eigenvalue weighted by atomic mass is 35.5. The van der Waals surface area contributed by atoms with Gasteiger partial charge in [-0.2, -0.15) is 5.26 Å². The fourth-order valence-electron chi connectivity index (χ4n) is 1.62. The van der Waals surface area contributed by atoms with E-state index in [0.717, 1.165) is 5.56 Å². The summed E-state index contributed by atoms with van der Waals surface area (Å²) in [6, 6.07) is 9.00. The van der Waals surface area contributed by atoms with Crippen LogP contribution in [0.15, 0.2) is 35.4 Å². The quantitative estimate of drug-likeness (QED) is 0.802. The second kappa shape index (κ2) is 5.55. The molecule has 0 spiro atoms. The molecule has 0 atom stereocenters. The van der Waals surface area contributed by atoms with E-state index in [1.165, 1.54) is 18.0 Å². The van der Waals surface area contributed by atoms with E-state index < -0.39 is 0 Å². The summed E-state index contributed by atoms with van der Waals surface area (Å²) in [5.74, 6) is 0.0258.